The molecule has 0 aliphatic heterocycles. The van der Waals surface area contributed by atoms with Gasteiger partial charge in [0.15, 0.2) is 6.61 Å². The highest BCUT2D eigenvalue weighted by Gasteiger charge is 2.29. The first-order valence-electron chi connectivity index (χ1n) is 11.7. The molecule has 0 aromatic heterocycles. The van der Waals surface area contributed by atoms with Gasteiger partial charge in [-0.05, 0) is 81.0 Å². The van der Waals surface area contributed by atoms with Gasteiger partial charge in [-0.25, -0.2) is 0 Å². The maximum atomic E-state index is 13.3. The van der Waals surface area contributed by atoms with E-state index in [1.165, 1.54) is 0 Å². The molecule has 1 N–H and O–H groups in total. The third-order valence-electron chi connectivity index (χ3n) is 6.47. The number of benzene rings is 2. The Bertz CT molecular complexity index is 982. The molecular formula is C27H36N2O4. The van der Waals surface area contributed by atoms with Crippen molar-refractivity contribution in [1.82, 2.24) is 10.2 Å². The zero-order valence-electron chi connectivity index (χ0n) is 20.4. The number of aryl methyl sites for hydroxylation is 2. The minimum absolute atomic E-state index is 0.124. The second kappa shape index (κ2) is 11.2. The first kappa shape index (κ1) is 24.6. The van der Waals surface area contributed by atoms with Gasteiger partial charge < -0.3 is 19.7 Å². The van der Waals surface area contributed by atoms with Crippen molar-refractivity contribution >= 4 is 11.8 Å². The Balaban J connectivity index is 1.77. The number of rotatable bonds is 9. The summed E-state index contributed by atoms with van der Waals surface area (Å²) >= 11 is 0. The molecule has 2 aromatic carbocycles. The van der Waals surface area contributed by atoms with Crippen molar-refractivity contribution in [3.05, 3.63) is 58.7 Å². The fraction of sp³-hybridized carbons (Fsp3) is 0.481. The molecule has 1 aliphatic rings. The number of methoxy groups -OCH3 is 1. The van der Waals surface area contributed by atoms with Crippen LogP contribution < -0.4 is 14.8 Å². The van der Waals surface area contributed by atoms with Crippen LogP contribution in [-0.2, 0) is 16.1 Å². The quantitative estimate of drug-likeness (QED) is 0.609. The lowest BCUT2D eigenvalue weighted by atomic mass is 10.1. The average Bonchev–Trinajstić information content (AvgIpc) is 3.31. The Labute approximate surface area is 197 Å². The van der Waals surface area contributed by atoms with Crippen molar-refractivity contribution in [2.75, 3.05) is 13.7 Å². The molecule has 33 heavy (non-hydrogen) atoms. The lowest BCUT2D eigenvalue weighted by Crippen LogP contribution is -2.50. The van der Waals surface area contributed by atoms with E-state index in [9.17, 15) is 9.59 Å². The molecule has 0 unspecified atom stereocenters. The third kappa shape index (κ3) is 6.50. The zero-order chi connectivity index (χ0) is 24.0. The zero-order valence-corrected chi connectivity index (χ0v) is 20.4. The SMILES string of the molecule is COc1cccc(CN(C(=O)COc2cc(C)cc(C)c2C)[C@@H](C)C(=O)NC2CCCC2)c1. The van der Waals surface area contributed by atoms with Gasteiger partial charge in [-0.3, -0.25) is 9.59 Å². The Hall–Kier alpha value is -3.02. The van der Waals surface area contributed by atoms with Gasteiger partial charge in [-0.1, -0.05) is 31.0 Å². The Morgan fingerprint density at radius 3 is 2.55 bits per heavy atom. The van der Waals surface area contributed by atoms with Crippen LogP contribution in [0.4, 0.5) is 0 Å². The van der Waals surface area contributed by atoms with E-state index >= 15 is 0 Å². The summed E-state index contributed by atoms with van der Waals surface area (Å²) in [5.74, 6) is 1.06. The van der Waals surface area contributed by atoms with E-state index in [-0.39, 0.29) is 24.5 Å². The largest absolute Gasteiger partial charge is 0.497 e. The molecule has 1 saturated carbocycles. The number of nitrogens with zero attached hydrogens (tertiary/aromatic N) is 1. The molecular weight excluding hydrogens is 416 g/mol. The fourth-order valence-electron chi connectivity index (χ4n) is 4.32. The molecule has 6 heteroatoms. The minimum atomic E-state index is -0.617. The highest BCUT2D eigenvalue weighted by molar-refractivity contribution is 5.88. The number of nitrogens with one attached hydrogen (secondary N) is 1. The standard InChI is InChI=1S/C27H36N2O4/c1-18-13-19(2)20(3)25(14-18)33-17-26(30)29(16-22-9-8-12-24(15-22)32-5)21(4)27(31)28-23-10-6-7-11-23/h8-9,12-15,21,23H,6-7,10-11,16-17H2,1-5H3,(H,28,31)/t21-/m0/s1. The van der Waals surface area contributed by atoms with E-state index in [2.05, 4.69) is 11.4 Å². The van der Waals surface area contributed by atoms with Crippen LogP contribution in [0.2, 0.25) is 0 Å². The summed E-state index contributed by atoms with van der Waals surface area (Å²) in [7, 11) is 1.61. The highest BCUT2D eigenvalue weighted by Crippen LogP contribution is 2.24. The molecule has 0 bridgehead atoms. The van der Waals surface area contributed by atoms with E-state index < -0.39 is 6.04 Å². The molecule has 0 saturated heterocycles. The maximum absolute atomic E-state index is 13.3. The van der Waals surface area contributed by atoms with Gasteiger partial charge >= 0.3 is 0 Å². The predicted octanol–water partition coefficient (Wildman–Crippen LogP) is 4.48. The van der Waals surface area contributed by atoms with E-state index in [1.807, 2.05) is 51.1 Å². The molecule has 6 nitrogen and oxygen atoms in total. The summed E-state index contributed by atoms with van der Waals surface area (Å²) in [5.41, 5.74) is 4.11. The smallest absolute Gasteiger partial charge is 0.261 e. The van der Waals surface area contributed by atoms with Crippen LogP contribution in [0.25, 0.3) is 0 Å². The summed E-state index contributed by atoms with van der Waals surface area (Å²) < 4.78 is 11.3. The van der Waals surface area contributed by atoms with Crippen molar-refractivity contribution in [1.29, 1.82) is 0 Å². The third-order valence-corrected chi connectivity index (χ3v) is 6.47. The first-order chi connectivity index (χ1) is 15.8. The molecule has 1 atom stereocenters. The van der Waals surface area contributed by atoms with Crippen molar-refractivity contribution in [2.45, 2.75) is 72.0 Å². The van der Waals surface area contributed by atoms with Gasteiger partial charge in [0.2, 0.25) is 5.91 Å². The monoisotopic (exact) mass is 452 g/mol. The maximum Gasteiger partial charge on any atom is 0.261 e. The summed E-state index contributed by atoms with van der Waals surface area (Å²) in [6.45, 7) is 7.97. The summed E-state index contributed by atoms with van der Waals surface area (Å²) in [6, 6.07) is 11.2. The van der Waals surface area contributed by atoms with Crippen LogP contribution in [0.1, 0.15) is 54.9 Å². The molecule has 3 rings (SSSR count). The second-order valence-electron chi connectivity index (χ2n) is 9.03. The topological polar surface area (TPSA) is 67.9 Å². The molecule has 1 aliphatic carbocycles. The second-order valence-corrected chi connectivity index (χ2v) is 9.03. The summed E-state index contributed by atoms with van der Waals surface area (Å²) in [6.07, 6.45) is 4.26. The first-order valence-corrected chi connectivity index (χ1v) is 11.7. The van der Waals surface area contributed by atoms with Crippen LogP contribution in [0.15, 0.2) is 36.4 Å². The van der Waals surface area contributed by atoms with Gasteiger partial charge in [0.05, 0.1) is 7.11 Å². The fourth-order valence-corrected chi connectivity index (χ4v) is 4.32. The summed E-state index contributed by atoms with van der Waals surface area (Å²) in [4.78, 5) is 27.9. The molecule has 1 fully saturated rings. The highest BCUT2D eigenvalue weighted by atomic mass is 16.5. The van der Waals surface area contributed by atoms with Crippen LogP contribution in [0.3, 0.4) is 0 Å². The number of carbonyl (C=O) groups excluding carboxylic acids is 2. The van der Waals surface area contributed by atoms with Crippen molar-refractivity contribution < 1.29 is 19.1 Å². The predicted molar refractivity (Wildman–Crippen MR) is 130 cm³/mol. The molecule has 2 amide bonds. The summed E-state index contributed by atoms with van der Waals surface area (Å²) in [5, 5.41) is 3.12. The van der Waals surface area contributed by atoms with Crippen LogP contribution >= 0.6 is 0 Å². The Morgan fingerprint density at radius 2 is 1.85 bits per heavy atom. The van der Waals surface area contributed by atoms with E-state index in [4.69, 9.17) is 9.47 Å². The minimum Gasteiger partial charge on any atom is -0.497 e. The molecule has 0 spiro atoms. The van der Waals surface area contributed by atoms with E-state index in [0.717, 1.165) is 47.9 Å². The number of hydrogen-bond donors (Lipinski definition) is 1. The van der Waals surface area contributed by atoms with Gasteiger partial charge in [-0.2, -0.15) is 0 Å². The van der Waals surface area contributed by atoms with Crippen molar-refractivity contribution in [3.63, 3.8) is 0 Å². The number of ether oxygens (including phenoxy) is 2. The van der Waals surface area contributed by atoms with E-state index in [1.54, 1.807) is 18.9 Å². The molecule has 2 aromatic rings. The van der Waals surface area contributed by atoms with Gasteiger partial charge in [0, 0.05) is 12.6 Å². The average molecular weight is 453 g/mol. The van der Waals surface area contributed by atoms with E-state index in [0.29, 0.717) is 18.0 Å². The molecule has 0 radical (unpaired) electrons. The number of carbonyl (C=O) groups is 2. The normalized spacial score (nSPS) is 14.6. The molecule has 0 heterocycles. The van der Waals surface area contributed by atoms with Gasteiger partial charge in [0.1, 0.15) is 17.5 Å². The van der Waals surface area contributed by atoms with Crippen molar-refractivity contribution in [3.8, 4) is 11.5 Å². The van der Waals surface area contributed by atoms with Crippen LogP contribution in [-0.4, -0.2) is 42.5 Å². The Morgan fingerprint density at radius 1 is 1.12 bits per heavy atom. The van der Waals surface area contributed by atoms with Crippen molar-refractivity contribution in [2.24, 2.45) is 0 Å². The van der Waals surface area contributed by atoms with Crippen LogP contribution in [0, 0.1) is 20.8 Å². The molecule has 178 valence electrons. The number of hydrogen-bond acceptors (Lipinski definition) is 4. The lowest BCUT2D eigenvalue weighted by molar-refractivity contribution is -0.142. The van der Waals surface area contributed by atoms with Gasteiger partial charge in [-0.15, -0.1) is 0 Å². The number of amides is 2. The lowest BCUT2D eigenvalue weighted by Gasteiger charge is -2.30. The van der Waals surface area contributed by atoms with Crippen LogP contribution in [0.5, 0.6) is 11.5 Å². The van der Waals surface area contributed by atoms with Gasteiger partial charge in [0.25, 0.3) is 5.91 Å². The Kier molecular flexibility index (Phi) is 8.37.